The zero-order valence-corrected chi connectivity index (χ0v) is 12.8. The highest BCUT2D eigenvalue weighted by Crippen LogP contribution is 2.47. The van der Waals surface area contributed by atoms with E-state index in [4.69, 9.17) is 0 Å². The summed E-state index contributed by atoms with van der Waals surface area (Å²) in [6, 6.07) is 13.2. The van der Waals surface area contributed by atoms with Gasteiger partial charge in [0.25, 0.3) is 11.5 Å². The molecule has 25 heavy (non-hydrogen) atoms. The van der Waals surface area contributed by atoms with E-state index in [9.17, 15) is 22.8 Å². The van der Waals surface area contributed by atoms with Crippen LogP contribution in [0.25, 0.3) is 0 Å². The summed E-state index contributed by atoms with van der Waals surface area (Å²) in [4.78, 5) is 23.8. The maximum atomic E-state index is 13.8. The van der Waals surface area contributed by atoms with Gasteiger partial charge in [0.2, 0.25) is 0 Å². The fraction of sp³-hybridized carbons (Fsp3) is 0.176. The first kappa shape index (κ1) is 16.8. The van der Waals surface area contributed by atoms with Crippen LogP contribution in [0, 0.1) is 0 Å². The number of alkyl halides is 3. The summed E-state index contributed by atoms with van der Waals surface area (Å²) in [6.45, 7) is -0.936. The summed E-state index contributed by atoms with van der Waals surface area (Å²) in [7, 11) is 0. The lowest BCUT2D eigenvalue weighted by Gasteiger charge is -2.39. The minimum absolute atomic E-state index is 0.00923. The molecular weight excluding hydrogens is 337 g/mol. The quantitative estimate of drug-likeness (QED) is 0.891. The van der Waals surface area contributed by atoms with E-state index in [1.807, 2.05) is 0 Å². The molecule has 0 aromatic heterocycles. The number of halogens is 3. The van der Waals surface area contributed by atoms with Crippen LogP contribution in [-0.4, -0.2) is 24.7 Å². The first-order valence-electron chi connectivity index (χ1n) is 7.33. The molecule has 0 radical (unpaired) electrons. The Bertz CT molecular complexity index is 808. The second kappa shape index (κ2) is 6.12. The van der Waals surface area contributed by atoms with Crippen molar-refractivity contribution in [3.8, 4) is 0 Å². The van der Waals surface area contributed by atoms with Crippen molar-refractivity contribution in [1.29, 1.82) is 0 Å². The molecule has 0 aliphatic carbocycles. The average molecular weight is 350 g/mol. The highest BCUT2D eigenvalue weighted by molar-refractivity contribution is 5.94. The smallest absolute Gasteiger partial charge is 0.426 e. The maximum absolute atomic E-state index is 13.8. The number of anilines is 1. The predicted molar refractivity (Wildman–Crippen MR) is 83.1 cm³/mol. The third-order valence-electron chi connectivity index (χ3n) is 3.86. The predicted octanol–water partition coefficient (Wildman–Crippen LogP) is 3.44. The summed E-state index contributed by atoms with van der Waals surface area (Å²) >= 11 is 0. The Morgan fingerprint density at radius 1 is 1.08 bits per heavy atom. The van der Waals surface area contributed by atoms with Crippen molar-refractivity contribution < 1.29 is 27.5 Å². The Balaban J connectivity index is 1.96. The number of para-hydroxylation sites is 1. The van der Waals surface area contributed by atoms with E-state index in [1.54, 1.807) is 18.2 Å². The zero-order valence-electron chi connectivity index (χ0n) is 12.8. The number of nitrogens with one attached hydrogen (secondary N) is 2. The van der Waals surface area contributed by atoms with Gasteiger partial charge in [-0.3, -0.25) is 10.1 Å². The van der Waals surface area contributed by atoms with Gasteiger partial charge in [0, 0.05) is 11.1 Å². The first-order chi connectivity index (χ1) is 11.8. The lowest BCUT2D eigenvalue weighted by Crippen LogP contribution is -2.56. The molecule has 0 saturated heterocycles. The van der Waals surface area contributed by atoms with Gasteiger partial charge in [0.1, 0.15) is 0 Å². The molecule has 0 saturated carbocycles. The molecule has 2 aromatic rings. The summed E-state index contributed by atoms with van der Waals surface area (Å²) in [6.07, 6.45) is -6.16. The topological polar surface area (TPSA) is 67.4 Å². The lowest BCUT2D eigenvalue weighted by atomic mass is 9.89. The van der Waals surface area contributed by atoms with Crippen molar-refractivity contribution in [2.45, 2.75) is 11.8 Å². The van der Waals surface area contributed by atoms with E-state index in [1.165, 1.54) is 36.4 Å². The number of cyclic esters (lactones) is 1. The Morgan fingerprint density at radius 3 is 2.40 bits per heavy atom. The number of rotatable bonds is 3. The van der Waals surface area contributed by atoms with Gasteiger partial charge < -0.3 is 10.1 Å². The largest absolute Gasteiger partial charge is 0.434 e. The molecule has 2 aromatic carbocycles. The minimum atomic E-state index is -4.93. The van der Waals surface area contributed by atoms with Gasteiger partial charge in [0.15, 0.2) is 0 Å². The number of carbonyl (C=O) groups excluding carboxylic acids is 2. The monoisotopic (exact) mass is 350 g/mol. The van der Waals surface area contributed by atoms with Crippen LogP contribution in [0.5, 0.6) is 0 Å². The van der Waals surface area contributed by atoms with Gasteiger partial charge in [-0.05, 0) is 18.2 Å². The third kappa shape index (κ3) is 3.02. The molecule has 130 valence electrons. The van der Waals surface area contributed by atoms with Crippen molar-refractivity contribution in [3.63, 3.8) is 0 Å². The van der Waals surface area contributed by atoms with Crippen molar-refractivity contribution in [2.75, 3.05) is 11.9 Å². The summed E-state index contributed by atoms with van der Waals surface area (Å²) < 4.78 is 46.2. The Labute approximate surface area is 140 Å². The third-order valence-corrected chi connectivity index (χ3v) is 3.86. The molecule has 1 aliphatic heterocycles. The number of benzene rings is 2. The SMILES string of the molecule is O=C1Nc2ccccc2C(CNC(=O)c2ccccc2)(C(F)(F)F)O1. The molecule has 1 aliphatic rings. The maximum Gasteiger partial charge on any atom is 0.434 e. The van der Waals surface area contributed by atoms with Gasteiger partial charge in [0.05, 0.1) is 12.2 Å². The number of hydrogen-bond acceptors (Lipinski definition) is 3. The molecular formula is C17H13F3N2O3. The van der Waals surface area contributed by atoms with E-state index < -0.39 is 30.3 Å². The number of amides is 2. The molecule has 1 heterocycles. The Morgan fingerprint density at radius 2 is 1.72 bits per heavy atom. The second-order valence-corrected chi connectivity index (χ2v) is 5.43. The number of hydrogen-bond donors (Lipinski definition) is 2. The minimum Gasteiger partial charge on any atom is -0.426 e. The fourth-order valence-electron chi connectivity index (χ4n) is 2.63. The van der Waals surface area contributed by atoms with E-state index in [0.717, 1.165) is 0 Å². The average Bonchev–Trinajstić information content (AvgIpc) is 2.59. The zero-order chi connectivity index (χ0) is 18.1. The van der Waals surface area contributed by atoms with Crippen molar-refractivity contribution in [1.82, 2.24) is 5.32 Å². The van der Waals surface area contributed by atoms with Crippen molar-refractivity contribution in [2.24, 2.45) is 0 Å². The van der Waals surface area contributed by atoms with E-state index in [-0.39, 0.29) is 16.8 Å². The lowest BCUT2D eigenvalue weighted by molar-refractivity contribution is -0.261. The summed E-state index contributed by atoms with van der Waals surface area (Å²) in [5, 5.41) is 4.45. The highest BCUT2D eigenvalue weighted by atomic mass is 19.4. The van der Waals surface area contributed by atoms with Crippen LogP contribution in [0.4, 0.5) is 23.7 Å². The van der Waals surface area contributed by atoms with Crippen molar-refractivity contribution in [3.05, 3.63) is 65.7 Å². The summed E-state index contributed by atoms with van der Waals surface area (Å²) in [5.41, 5.74) is -3.04. The van der Waals surface area contributed by atoms with E-state index in [0.29, 0.717) is 0 Å². The highest BCUT2D eigenvalue weighted by Gasteiger charge is 2.62. The normalized spacial score (nSPS) is 19.4. The Kier molecular flexibility index (Phi) is 4.12. The fourth-order valence-corrected chi connectivity index (χ4v) is 2.63. The van der Waals surface area contributed by atoms with Crippen molar-refractivity contribution >= 4 is 17.7 Å². The number of ether oxygens (including phenoxy) is 1. The first-order valence-corrected chi connectivity index (χ1v) is 7.33. The van der Waals surface area contributed by atoms with Crippen LogP contribution in [-0.2, 0) is 10.3 Å². The van der Waals surface area contributed by atoms with Gasteiger partial charge in [-0.2, -0.15) is 13.2 Å². The van der Waals surface area contributed by atoms with Crippen LogP contribution in [0.15, 0.2) is 54.6 Å². The molecule has 2 amide bonds. The van der Waals surface area contributed by atoms with E-state index in [2.05, 4.69) is 15.4 Å². The molecule has 0 spiro atoms. The molecule has 3 rings (SSSR count). The van der Waals surface area contributed by atoms with Crippen LogP contribution in [0.3, 0.4) is 0 Å². The van der Waals surface area contributed by atoms with E-state index >= 15 is 0 Å². The van der Waals surface area contributed by atoms with Gasteiger partial charge >= 0.3 is 12.3 Å². The van der Waals surface area contributed by atoms with Gasteiger partial charge in [-0.25, -0.2) is 4.79 Å². The molecule has 1 atom stereocenters. The molecule has 2 N–H and O–H groups in total. The molecule has 0 bridgehead atoms. The molecule has 8 heteroatoms. The molecule has 1 unspecified atom stereocenters. The number of carbonyl (C=O) groups is 2. The van der Waals surface area contributed by atoms with Gasteiger partial charge in [-0.1, -0.05) is 36.4 Å². The molecule has 0 fully saturated rings. The van der Waals surface area contributed by atoms with Crippen LogP contribution >= 0.6 is 0 Å². The second-order valence-electron chi connectivity index (χ2n) is 5.43. The van der Waals surface area contributed by atoms with Gasteiger partial charge in [-0.15, -0.1) is 0 Å². The summed E-state index contributed by atoms with van der Waals surface area (Å²) in [5.74, 6) is -0.698. The molecule has 5 nitrogen and oxygen atoms in total. The van der Waals surface area contributed by atoms with Crippen LogP contribution in [0.1, 0.15) is 15.9 Å². The number of fused-ring (bicyclic) bond motifs is 1. The Hall–Kier alpha value is -3.03. The van der Waals surface area contributed by atoms with Crippen LogP contribution in [0.2, 0.25) is 0 Å². The van der Waals surface area contributed by atoms with Crippen LogP contribution < -0.4 is 10.6 Å². The standard InChI is InChI=1S/C17H13F3N2O3/c18-17(19,20)16(10-21-14(23)11-6-2-1-3-7-11)12-8-4-5-9-13(12)22-15(24)25-16/h1-9H,10H2,(H,21,23)(H,22,24).